The fourth-order valence-electron chi connectivity index (χ4n) is 2.19. The van der Waals surface area contributed by atoms with Gasteiger partial charge in [0.15, 0.2) is 24.6 Å². The van der Waals surface area contributed by atoms with E-state index in [0.717, 1.165) is 20.8 Å². The van der Waals surface area contributed by atoms with Gasteiger partial charge in [-0.15, -0.1) is 0 Å². The lowest BCUT2D eigenvalue weighted by atomic mass is 9.98. The first kappa shape index (κ1) is 24.1. The molecule has 0 aliphatic carbocycles. The molecule has 1 rings (SSSR count). The van der Waals surface area contributed by atoms with Crippen LogP contribution in [0.5, 0.6) is 0 Å². The second kappa shape index (κ2) is 9.02. The number of ether oxygens (including phenoxy) is 4. The Morgan fingerprint density at radius 1 is 0.964 bits per heavy atom. The Morgan fingerprint density at radius 2 is 1.46 bits per heavy atom. The normalized spacial score (nSPS) is 28.3. The van der Waals surface area contributed by atoms with Crippen molar-refractivity contribution in [2.75, 3.05) is 6.61 Å². The molecule has 0 radical (unpaired) electrons. The summed E-state index contributed by atoms with van der Waals surface area (Å²) in [5.41, 5.74) is -5.86. The number of halogens is 3. The Balaban J connectivity index is 3.29. The topological polar surface area (TPSA) is 152 Å². The number of rotatable bonds is 6. The molecule has 0 aromatic carbocycles. The van der Waals surface area contributed by atoms with E-state index in [1.165, 1.54) is 0 Å². The third kappa shape index (κ3) is 6.29. The van der Waals surface area contributed by atoms with E-state index in [-0.39, 0.29) is 0 Å². The predicted octanol–water partition coefficient (Wildman–Crippen LogP) is -0.635. The lowest BCUT2D eigenvalue weighted by Gasteiger charge is -2.42. The van der Waals surface area contributed by atoms with Crippen molar-refractivity contribution in [2.45, 2.75) is 57.0 Å². The molecule has 15 heteroatoms. The van der Waals surface area contributed by atoms with E-state index >= 15 is 0 Å². The summed E-state index contributed by atoms with van der Waals surface area (Å²) < 4.78 is 83.5. The molecule has 5 atom stereocenters. The maximum atomic E-state index is 12.6. The summed E-state index contributed by atoms with van der Waals surface area (Å²) in [5, 5.41) is 9.92. The highest BCUT2D eigenvalue weighted by molar-refractivity contribution is 7.87. The van der Waals surface area contributed by atoms with E-state index in [2.05, 4.69) is 8.92 Å². The minimum Gasteiger partial charge on any atom is -0.463 e. The fraction of sp³-hybridized carbons (Fsp3) is 0.769. The molecule has 1 aliphatic rings. The number of esters is 3. The van der Waals surface area contributed by atoms with E-state index in [0.29, 0.717) is 0 Å². The molecule has 1 heterocycles. The second-order valence-electron chi connectivity index (χ2n) is 5.48. The van der Waals surface area contributed by atoms with E-state index in [9.17, 15) is 41.1 Å². The van der Waals surface area contributed by atoms with Crippen LogP contribution in [0.3, 0.4) is 0 Å². The number of hydrogen-bond donors (Lipinski definition) is 1. The minimum atomic E-state index is -6.25. The molecule has 0 saturated carbocycles. The van der Waals surface area contributed by atoms with Gasteiger partial charge < -0.3 is 24.1 Å². The number of hydrogen-bond acceptors (Lipinski definition) is 11. The molecule has 0 aromatic heterocycles. The van der Waals surface area contributed by atoms with Crippen molar-refractivity contribution < 1.29 is 64.2 Å². The van der Waals surface area contributed by atoms with Crippen LogP contribution in [0, 0.1) is 0 Å². The number of carbonyl (C=O) groups is 3. The molecule has 1 saturated heterocycles. The van der Waals surface area contributed by atoms with Crippen LogP contribution in [0.1, 0.15) is 20.8 Å². The van der Waals surface area contributed by atoms with E-state index in [1.807, 2.05) is 0 Å². The van der Waals surface area contributed by atoms with Crippen LogP contribution >= 0.6 is 0 Å². The number of aliphatic hydroxyl groups is 1. The van der Waals surface area contributed by atoms with Crippen LogP contribution in [0.4, 0.5) is 13.2 Å². The first-order valence-electron chi connectivity index (χ1n) is 7.46. The van der Waals surface area contributed by atoms with E-state index in [1.54, 1.807) is 0 Å². The zero-order valence-electron chi connectivity index (χ0n) is 14.7. The van der Waals surface area contributed by atoms with Gasteiger partial charge in [0.05, 0.1) is 0 Å². The molecule has 0 bridgehead atoms. The van der Waals surface area contributed by atoms with Crippen LogP contribution < -0.4 is 0 Å². The zero-order chi connectivity index (χ0) is 21.9. The molecule has 0 amide bonds. The summed E-state index contributed by atoms with van der Waals surface area (Å²) in [6.45, 7) is 2.05. The third-order valence-corrected chi connectivity index (χ3v) is 4.23. The average Bonchev–Trinajstić information content (AvgIpc) is 2.49. The molecule has 0 spiro atoms. The fourth-order valence-corrected chi connectivity index (χ4v) is 2.80. The minimum absolute atomic E-state index is 0.666. The van der Waals surface area contributed by atoms with Crippen LogP contribution in [-0.2, 0) is 47.6 Å². The summed E-state index contributed by atoms with van der Waals surface area (Å²) in [4.78, 5) is 33.6. The van der Waals surface area contributed by atoms with Gasteiger partial charge >= 0.3 is 33.5 Å². The Hall–Kier alpha value is -1.97. The molecule has 1 N–H and O–H groups in total. The summed E-state index contributed by atoms with van der Waals surface area (Å²) in [7, 11) is -6.25. The van der Waals surface area contributed by atoms with Crippen molar-refractivity contribution in [2.24, 2.45) is 0 Å². The molecule has 0 aromatic rings. The van der Waals surface area contributed by atoms with Gasteiger partial charge in [0.25, 0.3) is 0 Å². The van der Waals surface area contributed by atoms with Crippen molar-refractivity contribution in [3.8, 4) is 0 Å². The van der Waals surface area contributed by atoms with Crippen LogP contribution in [0.25, 0.3) is 0 Å². The third-order valence-electron chi connectivity index (χ3n) is 3.19. The SMILES string of the molecule is CC(=O)OC[C@@H]1O[C@H](O)[C@@H](OS(=O)(=O)C(F)(F)F)[C@@H](OC(C)=O)[C@H]1OC(C)=O. The smallest absolute Gasteiger partial charge is 0.463 e. The Morgan fingerprint density at radius 3 is 1.89 bits per heavy atom. The molecule has 28 heavy (non-hydrogen) atoms. The van der Waals surface area contributed by atoms with Gasteiger partial charge in [-0.2, -0.15) is 21.6 Å². The molecule has 0 unspecified atom stereocenters. The van der Waals surface area contributed by atoms with Gasteiger partial charge in [-0.1, -0.05) is 0 Å². The Bertz CT molecular complexity index is 705. The van der Waals surface area contributed by atoms with Crippen LogP contribution in [0.15, 0.2) is 0 Å². The lowest BCUT2D eigenvalue weighted by molar-refractivity contribution is -0.288. The predicted molar refractivity (Wildman–Crippen MR) is 78.5 cm³/mol. The van der Waals surface area contributed by atoms with Crippen molar-refractivity contribution >= 4 is 28.0 Å². The van der Waals surface area contributed by atoms with E-state index < -0.39 is 70.8 Å². The van der Waals surface area contributed by atoms with Crippen LogP contribution in [0.2, 0.25) is 0 Å². The molecular formula is C13H17F3O11S. The second-order valence-corrected chi connectivity index (χ2v) is 7.04. The van der Waals surface area contributed by atoms with Gasteiger partial charge in [0.2, 0.25) is 0 Å². The van der Waals surface area contributed by atoms with Crippen LogP contribution in [-0.4, -0.2) is 74.3 Å². The lowest BCUT2D eigenvalue weighted by Crippen LogP contribution is -2.62. The Kier molecular flexibility index (Phi) is 7.75. The van der Waals surface area contributed by atoms with Crippen molar-refractivity contribution in [3.05, 3.63) is 0 Å². The average molecular weight is 438 g/mol. The highest BCUT2D eigenvalue weighted by Gasteiger charge is 2.56. The molecule has 1 aliphatic heterocycles. The van der Waals surface area contributed by atoms with Gasteiger partial charge in [-0.05, 0) is 0 Å². The highest BCUT2D eigenvalue weighted by Crippen LogP contribution is 2.33. The number of carbonyl (C=O) groups excluding carboxylic acids is 3. The van der Waals surface area contributed by atoms with Crippen molar-refractivity contribution in [3.63, 3.8) is 0 Å². The quantitative estimate of drug-likeness (QED) is 0.244. The Labute approximate surface area is 156 Å². The van der Waals surface area contributed by atoms with Gasteiger partial charge in [0, 0.05) is 20.8 Å². The maximum absolute atomic E-state index is 12.6. The van der Waals surface area contributed by atoms with Gasteiger partial charge in [-0.25, -0.2) is 0 Å². The molecular weight excluding hydrogens is 421 g/mol. The first-order chi connectivity index (χ1) is 12.7. The van der Waals surface area contributed by atoms with E-state index in [4.69, 9.17) is 14.2 Å². The zero-order valence-corrected chi connectivity index (χ0v) is 15.5. The number of alkyl halides is 3. The summed E-state index contributed by atoms with van der Waals surface area (Å²) >= 11 is 0. The number of aliphatic hydroxyl groups excluding tert-OH is 1. The first-order valence-corrected chi connectivity index (χ1v) is 8.87. The standard InChI is InChI=1S/C13H17F3O11S/c1-5(17)23-4-8-9(24-6(2)18)10(25-7(3)19)11(12(20)26-8)27-28(21,22)13(14,15)16/h8-12,20H,4H2,1-3H3/t8-,9-,10-,11-,12-/m0/s1. The highest BCUT2D eigenvalue weighted by atomic mass is 32.2. The molecule has 162 valence electrons. The maximum Gasteiger partial charge on any atom is 0.523 e. The summed E-state index contributed by atoms with van der Waals surface area (Å²) in [5.74, 6) is -2.96. The van der Waals surface area contributed by atoms with Crippen molar-refractivity contribution in [1.82, 2.24) is 0 Å². The summed E-state index contributed by atoms with van der Waals surface area (Å²) in [6, 6.07) is 0. The molecule has 11 nitrogen and oxygen atoms in total. The van der Waals surface area contributed by atoms with Crippen molar-refractivity contribution in [1.29, 1.82) is 0 Å². The largest absolute Gasteiger partial charge is 0.523 e. The monoisotopic (exact) mass is 438 g/mol. The molecule has 1 fully saturated rings. The van der Waals surface area contributed by atoms with Gasteiger partial charge in [0.1, 0.15) is 12.7 Å². The van der Waals surface area contributed by atoms with Gasteiger partial charge in [-0.3, -0.25) is 18.6 Å². The summed E-state index contributed by atoms with van der Waals surface area (Å²) in [6.07, 6.45) is -10.1.